The first kappa shape index (κ1) is 14.1. The van der Waals surface area contributed by atoms with Crippen LogP contribution >= 0.6 is 23.2 Å². The molecule has 0 aromatic heterocycles. The van der Waals surface area contributed by atoms with Gasteiger partial charge in [-0.25, -0.2) is 0 Å². The molecule has 6 heteroatoms. The van der Waals surface area contributed by atoms with Gasteiger partial charge < -0.3 is 9.64 Å². The highest BCUT2D eigenvalue weighted by atomic mass is 35.5. The lowest BCUT2D eigenvalue weighted by Crippen LogP contribution is -2.48. The minimum absolute atomic E-state index is 0.0373. The largest absolute Gasteiger partial charge is 0.374 e. The van der Waals surface area contributed by atoms with E-state index in [1.807, 2.05) is 6.07 Å². The van der Waals surface area contributed by atoms with Crippen LogP contribution in [0.3, 0.4) is 0 Å². The molecule has 4 nitrogen and oxygen atoms in total. The van der Waals surface area contributed by atoms with E-state index in [0.717, 1.165) is 18.7 Å². The van der Waals surface area contributed by atoms with Gasteiger partial charge in [0.2, 0.25) is 0 Å². The lowest BCUT2D eigenvalue weighted by atomic mass is 10.0. The maximum atomic E-state index is 6.20. The third-order valence-corrected chi connectivity index (χ3v) is 3.72. The Labute approximate surface area is 117 Å². The highest BCUT2D eigenvalue weighted by molar-refractivity contribution is 6.33. The highest BCUT2D eigenvalue weighted by Gasteiger charge is 2.28. The number of rotatable bonds is 3. The van der Waals surface area contributed by atoms with E-state index < -0.39 is 0 Å². The quantitative estimate of drug-likeness (QED) is 0.658. The van der Waals surface area contributed by atoms with Crippen molar-refractivity contribution in [1.82, 2.24) is 10.3 Å². The van der Waals surface area contributed by atoms with Crippen LogP contribution in [0.15, 0.2) is 18.2 Å². The summed E-state index contributed by atoms with van der Waals surface area (Å²) < 4.78 is 5.76. The highest BCUT2D eigenvalue weighted by Crippen LogP contribution is 2.30. The first-order chi connectivity index (χ1) is 8.61. The summed E-state index contributed by atoms with van der Waals surface area (Å²) in [7, 11) is 2.06. The van der Waals surface area contributed by atoms with Gasteiger partial charge in [-0.3, -0.25) is 11.3 Å². The molecule has 1 aliphatic heterocycles. The number of nitrogens with one attached hydrogen (secondary N) is 1. The van der Waals surface area contributed by atoms with Crippen molar-refractivity contribution in [2.45, 2.75) is 12.1 Å². The van der Waals surface area contributed by atoms with E-state index in [1.54, 1.807) is 12.1 Å². The Morgan fingerprint density at radius 2 is 2.28 bits per heavy atom. The van der Waals surface area contributed by atoms with Gasteiger partial charge in [0.25, 0.3) is 0 Å². The van der Waals surface area contributed by atoms with E-state index in [9.17, 15) is 0 Å². The number of hydrazine groups is 1. The first-order valence-corrected chi connectivity index (χ1v) is 6.58. The molecule has 0 bridgehead atoms. The molecular weight excluding hydrogens is 273 g/mol. The van der Waals surface area contributed by atoms with Crippen molar-refractivity contribution in [2.75, 3.05) is 26.7 Å². The van der Waals surface area contributed by atoms with Crippen LogP contribution in [0.2, 0.25) is 10.0 Å². The van der Waals surface area contributed by atoms with Crippen LogP contribution in [-0.4, -0.2) is 37.7 Å². The Morgan fingerprint density at radius 3 is 2.94 bits per heavy atom. The Hall–Kier alpha value is -0.360. The van der Waals surface area contributed by atoms with E-state index in [2.05, 4.69) is 17.4 Å². The maximum absolute atomic E-state index is 6.20. The van der Waals surface area contributed by atoms with E-state index in [0.29, 0.717) is 16.7 Å². The van der Waals surface area contributed by atoms with Crippen molar-refractivity contribution in [3.63, 3.8) is 0 Å². The molecule has 1 aromatic carbocycles. The number of nitrogens with two attached hydrogens (primary N) is 1. The lowest BCUT2D eigenvalue weighted by Gasteiger charge is -2.35. The van der Waals surface area contributed by atoms with Crippen molar-refractivity contribution < 1.29 is 4.74 Å². The Morgan fingerprint density at radius 1 is 1.50 bits per heavy atom. The number of halogens is 2. The predicted octanol–water partition coefficient (Wildman–Crippen LogP) is 1.83. The summed E-state index contributed by atoms with van der Waals surface area (Å²) in [6, 6.07) is 5.19. The van der Waals surface area contributed by atoms with Gasteiger partial charge >= 0.3 is 0 Å². The number of morpholine rings is 1. The summed E-state index contributed by atoms with van der Waals surface area (Å²) in [4.78, 5) is 2.21. The molecular formula is C12H17Cl2N3O. The Bertz CT molecular complexity index is 416. The Kier molecular flexibility index (Phi) is 4.84. The fraction of sp³-hybridized carbons (Fsp3) is 0.500. The second-order valence-electron chi connectivity index (χ2n) is 4.48. The van der Waals surface area contributed by atoms with Crippen LogP contribution in [0, 0.1) is 0 Å². The minimum atomic E-state index is -0.168. The van der Waals surface area contributed by atoms with E-state index in [4.69, 9.17) is 33.8 Å². The van der Waals surface area contributed by atoms with Crippen molar-refractivity contribution in [3.8, 4) is 0 Å². The molecule has 2 unspecified atom stereocenters. The lowest BCUT2D eigenvalue weighted by molar-refractivity contribution is -0.0392. The third kappa shape index (κ3) is 3.15. The molecule has 18 heavy (non-hydrogen) atoms. The van der Waals surface area contributed by atoms with Gasteiger partial charge in [-0.1, -0.05) is 23.2 Å². The molecule has 1 fully saturated rings. The van der Waals surface area contributed by atoms with Crippen molar-refractivity contribution in [1.29, 1.82) is 0 Å². The molecule has 0 radical (unpaired) electrons. The van der Waals surface area contributed by atoms with Crippen LogP contribution < -0.4 is 11.3 Å². The zero-order valence-electron chi connectivity index (χ0n) is 10.2. The second-order valence-corrected chi connectivity index (χ2v) is 5.33. The summed E-state index contributed by atoms with van der Waals surface area (Å²) in [6.45, 7) is 2.42. The SMILES string of the molecule is CN1CCOC(C(NN)c2cc(Cl)ccc2Cl)C1. The van der Waals surface area contributed by atoms with Crippen LogP contribution in [0.5, 0.6) is 0 Å². The fourth-order valence-corrected chi connectivity index (χ4v) is 2.58. The van der Waals surface area contributed by atoms with Crippen LogP contribution in [-0.2, 0) is 4.74 Å². The number of nitrogens with zero attached hydrogens (tertiary/aromatic N) is 1. The minimum Gasteiger partial charge on any atom is -0.374 e. The van der Waals surface area contributed by atoms with E-state index in [1.165, 1.54) is 0 Å². The molecule has 1 saturated heterocycles. The topological polar surface area (TPSA) is 50.5 Å². The van der Waals surface area contributed by atoms with Gasteiger partial charge in [-0.2, -0.15) is 0 Å². The van der Waals surface area contributed by atoms with Crippen LogP contribution in [0.4, 0.5) is 0 Å². The molecule has 100 valence electrons. The summed E-state index contributed by atoms with van der Waals surface area (Å²) in [5, 5.41) is 1.28. The van der Waals surface area contributed by atoms with Crippen molar-refractivity contribution in [3.05, 3.63) is 33.8 Å². The molecule has 0 saturated carbocycles. The summed E-state index contributed by atoms with van der Waals surface area (Å²) in [5.41, 5.74) is 3.65. The van der Waals surface area contributed by atoms with Gasteiger partial charge in [0.1, 0.15) is 0 Å². The van der Waals surface area contributed by atoms with Crippen LogP contribution in [0.1, 0.15) is 11.6 Å². The molecule has 1 aliphatic rings. The van der Waals surface area contributed by atoms with Crippen molar-refractivity contribution >= 4 is 23.2 Å². The molecule has 2 rings (SSSR count). The van der Waals surface area contributed by atoms with Gasteiger partial charge in [-0.15, -0.1) is 0 Å². The maximum Gasteiger partial charge on any atom is 0.0910 e. The van der Waals surface area contributed by atoms with Gasteiger partial charge in [0.15, 0.2) is 0 Å². The molecule has 2 atom stereocenters. The van der Waals surface area contributed by atoms with E-state index in [-0.39, 0.29) is 12.1 Å². The monoisotopic (exact) mass is 289 g/mol. The summed E-state index contributed by atoms with van der Waals surface area (Å²) in [5.74, 6) is 5.65. The molecule has 1 aromatic rings. The number of hydrogen-bond acceptors (Lipinski definition) is 4. The molecule has 3 N–H and O–H groups in total. The van der Waals surface area contributed by atoms with Gasteiger partial charge in [0.05, 0.1) is 18.8 Å². The first-order valence-electron chi connectivity index (χ1n) is 5.83. The fourth-order valence-electron chi connectivity index (χ4n) is 2.16. The zero-order chi connectivity index (χ0) is 13.1. The number of benzene rings is 1. The molecule has 1 heterocycles. The van der Waals surface area contributed by atoms with Crippen LogP contribution in [0.25, 0.3) is 0 Å². The molecule has 0 aliphatic carbocycles. The molecule has 0 amide bonds. The van der Waals surface area contributed by atoms with Crippen molar-refractivity contribution in [2.24, 2.45) is 5.84 Å². The third-order valence-electron chi connectivity index (χ3n) is 3.14. The second kappa shape index (κ2) is 6.19. The average molecular weight is 290 g/mol. The summed E-state index contributed by atoms with van der Waals surface area (Å²) in [6.07, 6.45) is -0.0373. The smallest absolute Gasteiger partial charge is 0.0910 e. The van der Waals surface area contributed by atoms with E-state index >= 15 is 0 Å². The van der Waals surface area contributed by atoms with Gasteiger partial charge in [0, 0.05) is 23.1 Å². The average Bonchev–Trinajstić information content (AvgIpc) is 2.35. The molecule has 0 spiro atoms. The number of ether oxygens (including phenoxy) is 1. The zero-order valence-corrected chi connectivity index (χ0v) is 11.7. The Balaban J connectivity index is 2.24. The number of hydrogen-bond donors (Lipinski definition) is 2. The normalized spacial score (nSPS) is 23.0. The van der Waals surface area contributed by atoms with Gasteiger partial charge in [-0.05, 0) is 30.8 Å². The number of likely N-dealkylation sites (N-methyl/N-ethyl adjacent to an activating group) is 1. The summed E-state index contributed by atoms with van der Waals surface area (Å²) >= 11 is 12.2. The predicted molar refractivity (Wildman–Crippen MR) is 73.8 cm³/mol. The standard InChI is InChI=1S/C12H17Cl2N3O/c1-17-4-5-18-11(7-17)12(16-15)9-6-8(13)2-3-10(9)14/h2-3,6,11-12,16H,4-5,7,15H2,1H3.